The topological polar surface area (TPSA) is 78.9 Å². The summed E-state index contributed by atoms with van der Waals surface area (Å²) in [6.07, 6.45) is 89.1. The van der Waals surface area contributed by atoms with Gasteiger partial charge in [0, 0.05) is 19.3 Å². The molecule has 0 amide bonds. The van der Waals surface area contributed by atoms with E-state index in [0.29, 0.717) is 19.3 Å². The van der Waals surface area contributed by atoms with Gasteiger partial charge in [0.05, 0.1) is 0 Å². The maximum atomic E-state index is 13.0. The van der Waals surface area contributed by atoms with Crippen molar-refractivity contribution in [3.8, 4) is 0 Å². The molecule has 1 atom stereocenters. The number of unbranched alkanes of at least 4 members (excludes halogenated alkanes) is 41. The number of ether oxygens (including phenoxy) is 3. The quantitative estimate of drug-likeness (QED) is 0.0261. The van der Waals surface area contributed by atoms with E-state index < -0.39 is 6.10 Å². The number of carbonyl (C=O) groups excluding carboxylic acids is 3. The van der Waals surface area contributed by atoms with Crippen LogP contribution in [0.5, 0.6) is 0 Å². The lowest BCUT2D eigenvalue weighted by Gasteiger charge is -2.18. The van der Waals surface area contributed by atoms with Crippen LogP contribution in [0.1, 0.15) is 361 Å². The Morgan fingerprint density at radius 3 is 0.713 bits per heavy atom. The van der Waals surface area contributed by atoms with Crippen molar-refractivity contribution in [2.45, 2.75) is 367 Å². The zero-order valence-electron chi connectivity index (χ0n) is 53.3. The number of carbonyl (C=O) groups is 3. The number of rotatable bonds is 64. The molecule has 0 radical (unpaired) electrons. The highest BCUT2D eigenvalue weighted by Gasteiger charge is 2.19. The highest BCUT2D eigenvalue weighted by molar-refractivity contribution is 5.71. The normalized spacial score (nSPS) is 12.5. The first kappa shape index (κ1) is 76.9. The molecule has 0 heterocycles. The standard InChI is InChI=1S/C74H132O6/c1-4-7-10-13-16-19-22-25-28-31-34-36-37-39-40-43-46-49-52-55-58-61-64-67-73(76)79-70-71(69-78-72(75)66-63-60-57-54-51-48-45-42-33-30-27-24-21-18-15-12-9-6-3)80-74(77)68-65-62-59-56-53-50-47-44-41-38-35-32-29-26-23-20-17-14-11-8-5-2/h22-23,25-26,30-35,37,39,71H,4-21,24,27-29,36,38,40-70H2,1-3H3/b25-22-,26-23-,33-30-,34-31-,35-32-,39-37-. The van der Waals surface area contributed by atoms with Crippen molar-refractivity contribution in [2.75, 3.05) is 13.2 Å². The molecular weight excluding hydrogens is 985 g/mol. The molecule has 0 aliphatic rings. The van der Waals surface area contributed by atoms with E-state index in [4.69, 9.17) is 14.2 Å². The Labute approximate surface area is 497 Å². The first-order chi connectivity index (χ1) is 39.5. The molecule has 0 saturated heterocycles. The maximum Gasteiger partial charge on any atom is 0.306 e. The average molecular weight is 1120 g/mol. The molecule has 0 saturated carbocycles. The SMILES string of the molecule is CCCCCCC/C=C\C/C=C\C/C=C\CCCCCCCCCCC(=O)OCC(COC(=O)CCCCCCCCC/C=C\CCCCCCCCC)OC(=O)CCCCCCCCCCC/C=C\C/C=C\CCCCCCC. The molecule has 0 aromatic heterocycles. The summed E-state index contributed by atoms with van der Waals surface area (Å²) < 4.78 is 17.0. The summed E-state index contributed by atoms with van der Waals surface area (Å²) in [4.78, 5) is 38.5. The molecule has 0 N–H and O–H groups in total. The molecule has 0 fully saturated rings. The minimum Gasteiger partial charge on any atom is -0.462 e. The fourth-order valence-corrected chi connectivity index (χ4v) is 10.1. The molecule has 0 bridgehead atoms. The van der Waals surface area contributed by atoms with Crippen LogP contribution in [0.2, 0.25) is 0 Å². The zero-order valence-corrected chi connectivity index (χ0v) is 53.3. The van der Waals surface area contributed by atoms with Crippen LogP contribution in [0.25, 0.3) is 0 Å². The third kappa shape index (κ3) is 65.7. The Hall–Kier alpha value is -3.15. The second kappa shape index (κ2) is 68.3. The Morgan fingerprint density at radius 1 is 0.250 bits per heavy atom. The van der Waals surface area contributed by atoms with Crippen molar-refractivity contribution in [1.29, 1.82) is 0 Å². The van der Waals surface area contributed by atoms with Gasteiger partial charge in [0.25, 0.3) is 0 Å². The summed E-state index contributed by atoms with van der Waals surface area (Å²) in [6.45, 7) is 6.65. The molecule has 0 rings (SSSR count). The predicted octanol–water partition coefficient (Wildman–Crippen LogP) is 24.1. The Morgan fingerprint density at radius 2 is 0.450 bits per heavy atom. The molecule has 0 spiro atoms. The van der Waals surface area contributed by atoms with Gasteiger partial charge < -0.3 is 14.2 Å². The van der Waals surface area contributed by atoms with Gasteiger partial charge in [-0.15, -0.1) is 0 Å². The van der Waals surface area contributed by atoms with Crippen LogP contribution < -0.4 is 0 Å². The lowest BCUT2D eigenvalue weighted by molar-refractivity contribution is -0.167. The summed E-state index contributed by atoms with van der Waals surface area (Å²) in [6, 6.07) is 0. The van der Waals surface area contributed by atoms with E-state index in [9.17, 15) is 14.4 Å². The van der Waals surface area contributed by atoms with Gasteiger partial charge in [-0.1, -0.05) is 299 Å². The van der Waals surface area contributed by atoms with Gasteiger partial charge in [-0.3, -0.25) is 14.4 Å². The molecule has 6 heteroatoms. The van der Waals surface area contributed by atoms with Crippen molar-refractivity contribution in [2.24, 2.45) is 0 Å². The lowest BCUT2D eigenvalue weighted by Crippen LogP contribution is -2.30. The van der Waals surface area contributed by atoms with Gasteiger partial charge in [0.15, 0.2) is 6.10 Å². The minimum absolute atomic E-state index is 0.0800. The Balaban J connectivity index is 4.38. The summed E-state index contributed by atoms with van der Waals surface area (Å²) >= 11 is 0. The van der Waals surface area contributed by atoms with E-state index in [0.717, 1.165) is 83.5 Å². The van der Waals surface area contributed by atoms with Gasteiger partial charge in [-0.25, -0.2) is 0 Å². The number of hydrogen-bond donors (Lipinski definition) is 0. The lowest BCUT2D eigenvalue weighted by atomic mass is 10.1. The van der Waals surface area contributed by atoms with Gasteiger partial charge in [-0.05, 0) is 116 Å². The molecule has 0 aliphatic carbocycles. The molecule has 80 heavy (non-hydrogen) atoms. The summed E-state index contributed by atoms with van der Waals surface area (Å²) in [5, 5.41) is 0. The summed E-state index contributed by atoms with van der Waals surface area (Å²) in [5.74, 6) is -0.876. The van der Waals surface area contributed by atoms with Crippen LogP contribution in [0.15, 0.2) is 72.9 Å². The predicted molar refractivity (Wildman–Crippen MR) is 348 cm³/mol. The van der Waals surface area contributed by atoms with Crippen molar-refractivity contribution in [3.63, 3.8) is 0 Å². The van der Waals surface area contributed by atoms with Crippen molar-refractivity contribution in [1.82, 2.24) is 0 Å². The minimum atomic E-state index is -0.785. The molecule has 0 aromatic rings. The van der Waals surface area contributed by atoms with Gasteiger partial charge in [-0.2, -0.15) is 0 Å². The molecule has 1 unspecified atom stereocenters. The third-order valence-corrected chi connectivity index (χ3v) is 15.4. The summed E-state index contributed by atoms with van der Waals surface area (Å²) in [7, 11) is 0. The van der Waals surface area contributed by atoms with Crippen LogP contribution in [0.3, 0.4) is 0 Å². The van der Waals surface area contributed by atoms with E-state index >= 15 is 0 Å². The van der Waals surface area contributed by atoms with E-state index in [2.05, 4.69) is 93.7 Å². The van der Waals surface area contributed by atoms with Crippen LogP contribution >= 0.6 is 0 Å². The molecule has 464 valence electrons. The van der Waals surface area contributed by atoms with Crippen LogP contribution in [-0.2, 0) is 28.6 Å². The zero-order chi connectivity index (χ0) is 57.8. The number of allylic oxidation sites excluding steroid dienone is 12. The van der Waals surface area contributed by atoms with Gasteiger partial charge in [0.2, 0.25) is 0 Å². The smallest absolute Gasteiger partial charge is 0.306 e. The van der Waals surface area contributed by atoms with E-state index in [1.54, 1.807) is 0 Å². The fraction of sp³-hybridized carbons (Fsp3) is 0.797. The van der Waals surface area contributed by atoms with Gasteiger partial charge in [0.1, 0.15) is 13.2 Å². The van der Waals surface area contributed by atoms with Crippen molar-refractivity contribution in [3.05, 3.63) is 72.9 Å². The first-order valence-corrected chi connectivity index (χ1v) is 34.9. The third-order valence-electron chi connectivity index (χ3n) is 15.4. The van der Waals surface area contributed by atoms with E-state index in [1.165, 1.54) is 238 Å². The monoisotopic (exact) mass is 1120 g/mol. The van der Waals surface area contributed by atoms with E-state index in [-0.39, 0.29) is 31.1 Å². The molecule has 0 aliphatic heterocycles. The number of hydrogen-bond acceptors (Lipinski definition) is 6. The van der Waals surface area contributed by atoms with Crippen LogP contribution in [0, 0.1) is 0 Å². The highest BCUT2D eigenvalue weighted by atomic mass is 16.6. The Kier molecular flexibility index (Phi) is 65.7. The second-order valence-electron chi connectivity index (χ2n) is 23.4. The van der Waals surface area contributed by atoms with Crippen LogP contribution in [-0.4, -0.2) is 37.2 Å². The largest absolute Gasteiger partial charge is 0.462 e. The van der Waals surface area contributed by atoms with Gasteiger partial charge >= 0.3 is 17.9 Å². The average Bonchev–Trinajstić information content (AvgIpc) is 3.46. The van der Waals surface area contributed by atoms with Crippen LogP contribution in [0.4, 0.5) is 0 Å². The molecule has 6 nitrogen and oxygen atoms in total. The highest BCUT2D eigenvalue weighted by Crippen LogP contribution is 2.17. The van der Waals surface area contributed by atoms with Crippen molar-refractivity contribution < 1.29 is 28.6 Å². The number of esters is 3. The first-order valence-electron chi connectivity index (χ1n) is 34.9. The fourth-order valence-electron chi connectivity index (χ4n) is 10.1. The summed E-state index contributed by atoms with van der Waals surface area (Å²) in [5.41, 5.74) is 0. The maximum absolute atomic E-state index is 13.0. The molecular formula is C74H132O6. The Bertz CT molecular complexity index is 1470. The van der Waals surface area contributed by atoms with Crippen molar-refractivity contribution >= 4 is 17.9 Å². The van der Waals surface area contributed by atoms with E-state index in [1.807, 2.05) is 0 Å². The molecule has 0 aromatic carbocycles. The second-order valence-corrected chi connectivity index (χ2v) is 23.4.